The molecule has 1 aromatic heterocycles. The molecule has 0 saturated carbocycles. The summed E-state index contributed by atoms with van der Waals surface area (Å²) >= 11 is 0. The van der Waals surface area contributed by atoms with E-state index in [9.17, 15) is 15.3 Å². The Morgan fingerprint density at radius 2 is 1.79 bits per heavy atom. The summed E-state index contributed by atoms with van der Waals surface area (Å²) in [6, 6.07) is 19.3. The van der Waals surface area contributed by atoms with E-state index in [0.29, 0.717) is 25.2 Å². The Hall–Kier alpha value is -3.50. The van der Waals surface area contributed by atoms with Gasteiger partial charge in [-0.1, -0.05) is 30.3 Å². The smallest absolute Gasteiger partial charge is 0.319 e. The fourth-order valence-electron chi connectivity index (χ4n) is 7.26. The van der Waals surface area contributed by atoms with Gasteiger partial charge in [0, 0.05) is 43.1 Å². The molecule has 0 aliphatic carbocycles. The molecule has 3 fully saturated rings. The fraction of sp³-hybridized carbons (Fsp3) is 0.455. The number of likely N-dealkylation sites (tertiary alicyclic amines) is 2. The molecule has 3 aromatic carbocycles. The molecule has 3 N–H and O–H groups in total. The normalized spacial score (nSPS) is 23.7. The van der Waals surface area contributed by atoms with E-state index in [-0.39, 0.29) is 24.4 Å². The van der Waals surface area contributed by atoms with Gasteiger partial charge in [-0.3, -0.25) is 4.90 Å². The minimum Gasteiger partial charge on any atom is -0.508 e. The third kappa shape index (κ3) is 5.15. The van der Waals surface area contributed by atoms with E-state index in [4.69, 9.17) is 14.7 Å². The molecule has 220 valence electrons. The van der Waals surface area contributed by atoms with Gasteiger partial charge in [0.2, 0.25) is 0 Å². The number of hydrogen-bond donors (Lipinski definition) is 3. The van der Waals surface area contributed by atoms with Crippen molar-refractivity contribution in [3.05, 3.63) is 54.6 Å². The molecule has 0 amide bonds. The number of aromatic nitrogens is 2. The monoisotopic (exact) mass is 569 g/mol. The number of piperazine rings is 1. The highest BCUT2D eigenvalue weighted by Gasteiger charge is 2.42. The SMILES string of the molecule is CN1CCC[C@H]1COc1nc(N2C3CCC2CN(CC(O)CO)C3)c2ccc(-c3cc(O)cc4ccccc34)cc2n1. The van der Waals surface area contributed by atoms with Crippen LogP contribution in [-0.2, 0) is 0 Å². The van der Waals surface area contributed by atoms with Crippen LogP contribution in [0.15, 0.2) is 54.6 Å². The molecule has 4 atom stereocenters. The molecule has 9 heteroatoms. The molecule has 3 saturated heterocycles. The minimum absolute atomic E-state index is 0.222. The van der Waals surface area contributed by atoms with E-state index in [1.807, 2.05) is 24.3 Å². The van der Waals surface area contributed by atoms with Crippen LogP contribution in [0.4, 0.5) is 5.82 Å². The number of ether oxygens (including phenoxy) is 1. The molecule has 0 radical (unpaired) electrons. The molecule has 4 aromatic rings. The van der Waals surface area contributed by atoms with E-state index in [0.717, 1.165) is 77.5 Å². The first-order valence-corrected chi connectivity index (χ1v) is 15.1. The van der Waals surface area contributed by atoms with Gasteiger partial charge in [-0.05, 0) is 85.4 Å². The van der Waals surface area contributed by atoms with Crippen LogP contribution in [-0.4, -0.2) is 106 Å². The number of likely N-dealkylation sites (N-methyl/N-ethyl adjacent to an activating group) is 1. The molecule has 2 bridgehead atoms. The first-order valence-electron chi connectivity index (χ1n) is 15.1. The Bertz CT molecular complexity index is 1580. The van der Waals surface area contributed by atoms with Crippen molar-refractivity contribution in [2.45, 2.75) is 49.9 Å². The predicted octanol–water partition coefficient (Wildman–Crippen LogP) is 3.63. The van der Waals surface area contributed by atoms with Crippen molar-refractivity contribution in [2.75, 3.05) is 51.3 Å². The van der Waals surface area contributed by atoms with Crippen LogP contribution in [0.1, 0.15) is 25.7 Å². The summed E-state index contributed by atoms with van der Waals surface area (Å²) in [5, 5.41) is 33.0. The van der Waals surface area contributed by atoms with Crippen LogP contribution in [0.2, 0.25) is 0 Å². The maximum atomic E-state index is 10.5. The number of phenolic OH excluding ortho intramolecular Hbond substituents is 1. The largest absolute Gasteiger partial charge is 0.508 e. The first-order chi connectivity index (χ1) is 20.5. The Labute approximate surface area is 246 Å². The van der Waals surface area contributed by atoms with Crippen molar-refractivity contribution < 1.29 is 20.1 Å². The third-order valence-corrected chi connectivity index (χ3v) is 9.37. The number of fused-ring (bicyclic) bond motifs is 4. The van der Waals surface area contributed by atoms with Crippen molar-refractivity contribution in [1.29, 1.82) is 0 Å². The van der Waals surface area contributed by atoms with Gasteiger partial charge >= 0.3 is 6.01 Å². The molecule has 3 aliphatic heterocycles. The fourth-order valence-corrected chi connectivity index (χ4v) is 7.26. The topological polar surface area (TPSA) is 105 Å². The van der Waals surface area contributed by atoms with Crippen molar-refractivity contribution >= 4 is 27.5 Å². The van der Waals surface area contributed by atoms with Gasteiger partial charge in [-0.25, -0.2) is 0 Å². The number of phenols is 1. The van der Waals surface area contributed by atoms with Crippen molar-refractivity contribution in [3.8, 4) is 22.9 Å². The van der Waals surface area contributed by atoms with E-state index in [2.05, 4.69) is 46.0 Å². The molecule has 0 spiro atoms. The number of hydrogen-bond acceptors (Lipinski definition) is 9. The zero-order valence-electron chi connectivity index (χ0n) is 24.1. The lowest BCUT2D eigenvalue weighted by molar-refractivity contribution is 0.0522. The van der Waals surface area contributed by atoms with Crippen molar-refractivity contribution in [2.24, 2.45) is 0 Å². The average molecular weight is 570 g/mol. The van der Waals surface area contributed by atoms with Gasteiger partial charge in [-0.15, -0.1) is 0 Å². The predicted molar refractivity (Wildman–Crippen MR) is 164 cm³/mol. The second-order valence-electron chi connectivity index (χ2n) is 12.2. The average Bonchev–Trinajstić information content (AvgIpc) is 3.53. The highest BCUT2D eigenvalue weighted by Crippen LogP contribution is 2.40. The van der Waals surface area contributed by atoms with Crippen molar-refractivity contribution in [1.82, 2.24) is 19.8 Å². The number of anilines is 1. The number of nitrogens with zero attached hydrogens (tertiary/aromatic N) is 5. The van der Waals surface area contributed by atoms with Gasteiger partial charge in [0.1, 0.15) is 18.2 Å². The molecule has 9 nitrogen and oxygen atoms in total. The van der Waals surface area contributed by atoms with Crippen LogP contribution in [0.25, 0.3) is 32.8 Å². The Morgan fingerprint density at radius 3 is 2.55 bits per heavy atom. The van der Waals surface area contributed by atoms with Crippen LogP contribution in [0, 0.1) is 0 Å². The van der Waals surface area contributed by atoms with Gasteiger partial charge in [0.15, 0.2) is 0 Å². The summed E-state index contributed by atoms with van der Waals surface area (Å²) in [4.78, 5) is 17.0. The number of aromatic hydroxyl groups is 1. The summed E-state index contributed by atoms with van der Waals surface area (Å²) in [6.07, 6.45) is 3.67. The number of aliphatic hydroxyl groups is 2. The molecule has 3 unspecified atom stereocenters. The van der Waals surface area contributed by atoms with Crippen molar-refractivity contribution in [3.63, 3.8) is 0 Å². The summed E-state index contributed by atoms with van der Waals surface area (Å²) in [7, 11) is 2.14. The zero-order chi connectivity index (χ0) is 28.8. The highest BCUT2D eigenvalue weighted by atomic mass is 16.5. The molecular formula is C33H39N5O4. The van der Waals surface area contributed by atoms with E-state index in [1.165, 1.54) is 6.42 Å². The summed E-state index contributed by atoms with van der Waals surface area (Å²) < 4.78 is 6.31. The third-order valence-electron chi connectivity index (χ3n) is 9.37. The molecule has 3 aliphatic rings. The zero-order valence-corrected chi connectivity index (χ0v) is 24.1. The lowest BCUT2D eigenvalue weighted by atomic mass is 9.97. The van der Waals surface area contributed by atoms with Crippen LogP contribution < -0.4 is 9.64 Å². The molecule has 4 heterocycles. The standard InChI is InChI=1S/C33H39N5O4/c1-36-12-4-6-25(36)20-42-33-34-31-14-22(30-15-26(40)13-21-5-2-3-7-28(21)30)8-11-29(31)32(35-33)38-23-9-10-24(38)17-37(16-23)18-27(41)19-39/h2-3,5,7-8,11,13-15,23-25,27,39-41H,4,6,9-10,12,16-20H2,1H3/t23?,24?,25-,27?/m0/s1. The Balaban J connectivity index is 1.28. The van der Waals surface area contributed by atoms with Crippen LogP contribution in [0.5, 0.6) is 11.8 Å². The van der Waals surface area contributed by atoms with Gasteiger partial charge in [0.25, 0.3) is 0 Å². The Kier molecular flexibility index (Phi) is 7.35. The van der Waals surface area contributed by atoms with E-state index >= 15 is 0 Å². The Morgan fingerprint density at radius 1 is 0.976 bits per heavy atom. The van der Waals surface area contributed by atoms with Crippen LogP contribution >= 0.6 is 0 Å². The summed E-state index contributed by atoms with van der Waals surface area (Å²) in [5.41, 5.74) is 2.75. The molecular weight excluding hydrogens is 530 g/mol. The number of aliphatic hydroxyl groups excluding tert-OH is 2. The maximum absolute atomic E-state index is 10.5. The molecule has 42 heavy (non-hydrogen) atoms. The quantitative estimate of drug-likeness (QED) is 0.293. The van der Waals surface area contributed by atoms with Gasteiger partial charge in [-0.2, -0.15) is 9.97 Å². The number of rotatable bonds is 8. The maximum Gasteiger partial charge on any atom is 0.319 e. The summed E-state index contributed by atoms with van der Waals surface area (Å²) in [5.74, 6) is 1.13. The molecule has 7 rings (SSSR count). The second kappa shape index (κ2) is 11.3. The number of benzene rings is 3. The van der Waals surface area contributed by atoms with Gasteiger partial charge < -0.3 is 29.9 Å². The minimum atomic E-state index is -0.725. The van der Waals surface area contributed by atoms with E-state index < -0.39 is 6.10 Å². The first kappa shape index (κ1) is 27.3. The lowest BCUT2D eigenvalue weighted by Crippen LogP contribution is -2.55. The second-order valence-corrected chi connectivity index (χ2v) is 12.2. The van der Waals surface area contributed by atoms with Gasteiger partial charge in [0.05, 0.1) is 18.2 Å². The van der Waals surface area contributed by atoms with E-state index in [1.54, 1.807) is 6.07 Å². The summed E-state index contributed by atoms with van der Waals surface area (Å²) in [6.45, 7) is 3.52. The highest BCUT2D eigenvalue weighted by molar-refractivity contribution is 6.01. The lowest BCUT2D eigenvalue weighted by Gasteiger charge is -2.42. The number of β-amino-alcohol motifs (C(OH)–C–C–N with tert-alkyl or cyclic N) is 1. The van der Waals surface area contributed by atoms with Crippen LogP contribution in [0.3, 0.4) is 0 Å².